The molecule has 0 spiro atoms. The summed E-state index contributed by atoms with van der Waals surface area (Å²) in [6, 6.07) is 8.00. The minimum absolute atomic E-state index is 0. The van der Waals surface area contributed by atoms with E-state index < -0.39 is 0 Å². The maximum atomic E-state index is 13.1. The number of hydrogen-bond acceptors (Lipinski definition) is 4. The number of hydrogen-bond donors (Lipinski definition) is 0. The second-order valence-electron chi connectivity index (χ2n) is 14.0. The molecule has 5 heteroatoms. The zero-order chi connectivity index (χ0) is 27.7. The van der Waals surface area contributed by atoms with E-state index in [2.05, 4.69) is 93.1 Å². The van der Waals surface area contributed by atoms with Crippen LogP contribution in [0.1, 0.15) is 116 Å². The molecule has 37 heavy (non-hydrogen) atoms. The summed E-state index contributed by atoms with van der Waals surface area (Å²) >= 11 is 0. The molecule has 0 aliphatic carbocycles. The maximum Gasteiger partial charge on any atom is 2.00 e. The van der Waals surface area contributed by atoms with E-state index in [9.17, 15) is 10.2 Å². The quantitative estimate of drug-likeness (QED) is 0.264. The molecule has 2 aromatic rings. The largest absolute Gasteiger partial charge is 2.00 e. The Balaban J connectivity index is 0.00000684. The Bertz CT molecular complexity index is 1040. The summed E-state index contributed by atoms with van der Waals surface area (Å²) in [6.07, 6.45) is 3.36. The summed E-state index contributed by atoms with van der Waals surface area (Å²) in [7, 11) is 0. The van der Waals surface area contributed by atoms with Crippen LogP contribution in [0.3, 0.4) is 0 Å². The van der Waals surface area contributed by atoms with E-state index in [4.69, 9.17) is 0 Å². The van der Waals surface area contributed by atoms with Crippen molar-refractivity contribution < 1.29 is 31.3 Å². The molecule has 0 aliphatic heterocycles. The van der Waals surface area contributed by atoms with Crippen molar-refractivity contribution in [1.82, 2.24) is 0 Å². The number of aliphatic imine (C=N–C) groups is 2. The summed E-state index contributed by atoms with van der Waals surface area (Å²) in [5.41, 5.74) is 4.50. The van der Waals surface area contributed by atoms with Crippen LogP contribution in [0.4, 0.5) is 0 Å². The van der Waals surface area contributed by atoms with Crippen LogP contribution in [0.15, 0.2) is 34.3 Å². The van der Waals surface area contributed by atoms with Gasteiger partial charge in [-0.15, -0.1) is 0 Å². The number of benzene rings is 2. The van der Waals surface area contributed by atoms with E-state index in [1.54, 1.807) is 12.4 Å². The zero-order valence-corrected chi connectivity index (χ0v) is 27.2. The van der Waals surface area contributed by atoms with Crippen LogP contribution in [-0.2, 0) is 42.7 Å². The van der Waals surface area contributed by atoms with Gasteiger partial charge < -0.3 is 10.2 Å². The van der Waals surface area contributed by atoms with Crippen molar-refractivity contribution in [2.45, 2.75) is 105 Å². The van der Waals surface area contributed by atoms with E-state index in [0.29, 0.717) is 24.2 Å². The molecule has 0 bridgehead atoms. The van der Waals surface area contributed by atoms with Gasteiger partial charge in [-0.05, 0) is 55.0 Å². The molecule has 4 nitrogen and oxygen atoms in total. The summed E-state index contributed by atoms with van der Waals surface area (Å²) in [5, 5.41) is 26.2. The predicted octanol–water partition coefficient (Wildman–Crippen LogP) is 6.56. The van der Waals surface area contributed by atoms with Gasteiger partial charge >= 0.3 is 21.1 Å². The van der Waals surface area contributed by atoms with Gasteiger partial charge in [-0.1, -0.05) is 119 Å². The van der Waals surface area contributed by atoms with E-state index in [-0.39, 0.29) is 54.2 Å². The summed E-state index contributed by atoms with van der Waals surface area (Å²) < 4.78 is 0. The first kappa shape index (κ1) is 33.1. The maximum absolute atomic E-state index is 13.1. The Labute approximate surface area is 240 Å². The van der Waals surface area contributed by atoms with Gasteiger partial charge in [-0.25, -0.2) is 0 Å². The molecule has 206 valence electrons. The fraction of sp³-hybridized carbons (Fsp3) is 0.562. The Hall–Kier alpha value is -1.93. The van der Waals surface area contributed by atoms with E-state index in [0.717, 1.165) is 22.3 Å². The Morgan fingerprint density at radius 3 is 1.08 bits per heavy atom. The first-order chi connectivity index (χ1) is 16.2. The fourth-order valence-electron chi connectivity index (χ4n) is 3.92. The van der Waals surface area contributed by atoms with Crippen molar-refractivity contribution in [3.63, 3.8) is 0 Å². The second kappa shape index (κ2) is 11.9. The third-order valence-corrected chi connectivity index (χ3v) is 6.40. The van der Waals surface area contributed by atoms with Crippen LogP contribution in [0.25, 0.3) is 0 Å². The molecule has 0 fully saturated rings. The van der Waals surface area contributed by atoms with Gasteiger partial charge in [-0.3, -0.25) is 9.98 Å². The third-order valence-electron chi connectivity index (χ3n) is 6.40. The average molecular weight is 686 g/mol. The molecule has 0 unspecified atom stereocenters. The van der Waals surface area contributed by atoms with Crippen LogP contribution in [0, 0.1) is 0 Å². The molecule has 0 saturated heterocycles. The second-order valence-corrected chi connectivity index (χ2v) is 14.0. The van der Waals surface area contributed by atoms with Crippen molar-refractivity contribution in [1.29, 1.82) is 0 Å². The van der Waals surface area contributed by atoms with Gasteiger partial charge in [0.1, 0.15) is 0 Å². The molecule has 0 atom stereocenters. The normalized spacial score (nSPS) is 13.4. The standard InChI is InChI=1S/C32H48N2O2.Pt/c1-29(2,3)23-15-21(27(35)25(17-23)31(7,8)9)19-33-13-14-34-20-22-16-24(30(4,5)6)18-26(28(22)36)32(10,11)12;/h15-20,35-36H,13-14H2,1-12H3;/q;+2/p-2. The van der Waals surface area contributed by atoms with Crippen LogP contribution in [-0.4, -0.2) is 25.5 Å². The van der Waals surface area contributed by atoms with Crippen LogP contribution < -0.4 is 10.2 Å². The molecular formula is C32H46N2O2Pt. The molecule has 0 heterocycles. The van der Waals surface area contributed by atoms with Gasteiger partial charge in [0.15, 0.2) is 0 Å². The van der Waals surface area contributed by atoms with Crippen LogP contribution >= 0.6 is 0 Å². The molecule has 0 radical (unpaired) electrons. The van der Waals surface area contributed by atoms with Crippen molar-refractivity contribution in [3.05, 3.63) is 57.6 Å². The van der Waals surface area contributed by atoms with Gasteiger partial charge in [-0.2, -0.15) is 0 Å². The van der Waals surface area contributed by atoms with Crippen molar-refractivity contribution in [3.8, 4) is 11.5 Å². The summed E-state index contributed by atoms with van der Waals surface area (Å²) in [5.74, 6) is 0.0694. The minimum Gasteiger partial charge on any atom is -0.872 e. The molecule has 0 aliphatic rings. The van der Waals surface area contributed by atoms with E-state index in [1.807, 2.05) is 24.3 Å². The van der Waals surface area contributed by atoms with E-state index >= 15 is 0 Å². The Kier molecular flexibility index (Phi) is 10.6. The Morgan fingerprint density at radius 2 is 0.838 bits per heavy atom. The first-order valence-electron chi connectivity index (χ1n) is 12.9. The number of rotatable bonds is 5. The SMILES string of the molecule is CC(C)(C)c1cc(C=NCCN=Cc2cc(C(C)(C)C)cc(C(C)(C)C)c2[O-])c([O-])c(C(C)(C)C)c1.[Pt+2]. The fourth-order valence-corrected chi connectivity index (χ4v) is 3.92. The third kappa shape index (κ3) is 8.81. The smallest absolute Gasteiger partial charge is 0.872 e. The average Bonchev–Trinajstić information content (AvgIpc) is 2.69. The molecule has 0 amide bonds. The summed E-state index contributed by atoms with van der Waals surface area (Å²) in [4.78, 5) is 9.00. The molecule has 0 saturated carbocycles. The molecule has 0 N–H and O–H groups in total. The van der Waals surface area contributed by atoms with E-state index in [1.165, 1.54) is 0 Å². The monoisotopic (exact) mass is 685 g/mol. The molecule has 0 aromatic heterocycles. The zero-order valence-electron chi connectivity index (χ0n) is 24.9. The van der Waals surface area contributed by atoms with Crippen molar-refractivity contribution in [2.24, 2.45) is 9.98 Å². The molecule has 2 aromatic carbocycles. The van der Waals surface area contributed by atoms with Gasteiger partial charge in [0.2, 0.25) is 0 Å². The predicted molar refractivity (Wildman–Crippen MR) is 151 cm³/mol. The van der Waals surface area contributed by atoms with Crippen LogP contribution in [0.2, 0.25) is 0 Å². The van der Waals surface area contributed by atoms with Crippen LogP contribution in [0.5, 0.6) is 11.5 Å². The number of nitrogens with zero attached hydrogens (tertiary/aromatic N) is 2. The minimum atomic E-state index is -0.241. The van der Waals surface area contributed by atoms with Crippen molar-refractivity contribution in [2.75, 3.05) is 13.1 Å². The van der Waals surface area contributed by atoms with Gasteiger partial charge in [0, 0.05) is 12.4 Å². The van der Waals surface area contributed by atoms with Gasteiger partial charge in [0.05, 0.1) is 13.1 Å². The summed E-state index contributed by atoms with van der Waals surface area (Å²) in [6.45, 7) is 26.2. The topological polar surface area (TPSA) is 70.8 Å². The Morgan fingerprint density at radius 1 is 0.541 bits per heavy atom. The first-order valence-corrected chi connectivity index (χ1v) is 12.9. The van der Waals surface area contributed by atoms with Gasteiger partial charge in [0.25, 0.3) is 0 Å². The molecule has 2 rings (SSSR count). The molecular weight excluding hydrogens is 639 g/mol. The van der Waals surface area contributed by atoms with Crippen molar-refractivity contribution >= 4 is 12.4 Å².